The van der Waals surface area contributed by atoms with Gasteiger partial charge in [-0.2, -0.15) is 13.2 Å². The van der Waals surface area contributed by atoms with Gasteiger partial charge in [0.1, 0.15) is 5.82 Å². The number of aromatic nitrogens is 2. The first-order chi connectivity index (χ1) is 14.9. The summed E-state index contributed by atoms with van der Waals surface area (Å²) in [7, 11) is -4.13. The molecular formula is C22H24F3N3O3S. The van der Waals surface area contributed by atoms with Crippen LogP contribution in [0.15, 0.2) is 41.6 Å². The quantitative estimate of drug-likeness (QED) is 0.653. The molecule has 2 heterocycles. The van der Waals surface area contributed by atoms with Crippen LogP contribution in [0.2, 0.25) is 0 Å². The second-order valence-electron chi connectivity index (χ2n) is 8.94. The van der Waals surface area contributed by atoms with Gasteiger partial charge in [-0.15, -0.1) is 0 Å². The second kappa shape index (κ2) is 7.83. The zero-order valence-corrected chi connectivity index (χ0v) is 18.6. The average molecular weight is 468 g/mol. The number of amides is 1. The van der Waals surface area contributed by atoms with Crippen molar-refractivity contribution in [2.24, 2.45) is 5.92 Å². The molecule has 1 atom stereocenters. The predicted molar refractivity (Wildman–Crippen MR) is 112 cm³/mol. The number of carbonyl (C=O) groups excluding carboxylic acids is 1. The van der Waals surface area contributed by atoms with Gasteiger partial charge >= 0.3 is 6.18 Å². The minimum Gasteiger partial charge on any atom is -0.310 e. The number of sulfone groups is 1. The monoisotopic (exact) mass is 467 g/mol. The van der Waals surface area contributed by atoms with Crippen LogP contribution in [0.3, 0.4) is 0 Å². The lowest BCUT2D eigenvalue weighted by atomic mass is 9.85. The maximum atomic E-state index is 13.3. The fourth-order valence-corrected chi connectivity index (χ4v) is 5.87. The molecule has 172 valence electrons. The summed E-state index contributed by atoms with van der Waals surface area (Å²) in [4.78, 5) is 22.7. The number of anilines is 1. The molecule has 0 spiro atoms. The Balaban J connectivity index is 1.53. The van der Waals surface area contributed by atoms with Crippen LogP contribution in [0.1, 0.15) is 56.8 Å². The summed E-state index contributed by atoms with van der Waals surface area (Å²) in [6.45, 7) is 3.24. The average Bonchev–Trinajstić information content (AvgIpc) is 3.58. The van der Waals surface area contributed by atoms with Crippen molar-refractivity contribution in [3.63, 3.8) is 0 Å². The van der Waals surface area contributed by atoms with Crippen LogP contribution in [-0.4, -0.2) is 35.6 Å². The molecule has 1 aliphatic carbocycles. The van der Waals surface area contributed by atoms with Crippen molar-refractivity contribution in [2.45, 2.75) is 61.3 Å². The van der Waals surface area contributed by atoms with Crippen LogP contribution < -0.4 is 4.90 Å². The van der Waals surface area contributed by atoms with E-state index in [2.05, 4.69) is 9.97 Å². The van der Waals surface area contributed by atoms with Gasteiger partial charge in [-0.25, -0.2) is 18.4 Å². The summed E-state index contributed by atoms with van der Waals surface area (Å²) in [6, 6.07) is 3.75. The number of carbonyl (C=O) groups is 1. The fourth-order valence-electron chi connectivity index (χ4n) is 4.08. The first kappa shape index (κ1) is 22.7. The topological polar surface area (TPSA) is 80.2 Å². The molecule has 0 N–H and O–H groups in total. The van der Waals surface area contributed by atoms with Gasteiger partial charge in [0.2, 0.25) is 5.91 Å². The van der Waals surface area contributed by atoms with E-state index < -0.39 is 37.1 Å². The SMILES string of the molecule is CC(C)([C@H]1CCN(c2cnc(C3CC3)nc2)C(=O)C1)S(=O)(=O)c1cccc(C(F)(F)F)c1. The third-order valence-electron chi connectivity index (χ3n) is 6.48. The maximum absolute atomic E-state index is 13.3. The summed E-state index contributed by atoms with van der Waals surface area (Å²) >= 11 is 0. The zero-order valence-electron chi connectivity index (χ0n) is 17.8. The van der Waals surface area contributed by atoms with Gasteiger partial charge in [0.15, 0.2) is 9.84 Å². The number of rotatable bonds is 5. The van der Waals surface area contributed by atoms with Crippen molar-refractivity contribution in [3.05, 3.63) is 48.0 Å². The Morgan fingerprint density at radius 1 is 1.06 bits per heavy atom. The molecule has 1 aromatic carbocycles. The van der Waals surface area contributed by atoms with Crippen molar-refractivity contribution in [1.82, 2.24) is 9.97 Å². The Kier molecular flexibility index (Phi) is 5.55. The molecular weight excluding hydrogens is 443 g/mol. The van der Waals surface area contributed by atoms with E-state index in [0.29, 0.717) is 24.1 Å². The molecule has 1 saturated carbocycles. The van der Waals surface area contributed by atoms with Gasteiger partial charge in [0.05, 0.1) is 33.3 Å². The van der Waals surface area contributed by atoms with Crippen LogP contribution >= 0.6 is 0 Å². The van der Waals surface area contributed by atoms with E-state index in [1.807, 2.05) is 0 Å². The summed E-state index contributed by atoms with van der Waals surface area (Å²) < 4.78 is 64.4. The number of nitrogens with zero attached hydrogens (tertiary/aromatic N) is 3. The largest absolute Gasteiger partial charge is 0.416 e. The zero-order chi connectivity index (χ0) is 23.3. The molecule has 1 aromatic heterocycles. The molecule has 2 aromatic rings. The van der Waals surface area contributed by atoms with E-state index in [-0.39, 0.29) is 18.9 Å². The van der Waals surface area contributed by atoms with Gasteiger partial charge in [0.25, 0.3) is 0 Å². The molecule has 6 nitrogen and oxygen atoms in total. The first-order valence-electron chi connectivity index (χ1n) is 10.5. The lowest BCUT2D eigenvalue weighted by molar-refractivity contribution is -0.137. The third kappa shape index (κ3) is 4.12. The van der Waals surface area contributed by atoms with Crippen molar-refractivity contribution in [1.29, 1.82) is 0 Å². The van der Waals surface area contributed by atoms with Gasteiger partial charge in [-0.3, -0.25) is 4.79 Å². The van der Waals surface area contributed by atoms with E-state index >= 15 is 0 Å². The summed E-state index contributed by atoms with van der Waals surface area (Å²) in [5, 5.41) is 0. The molecule has 0 bridgehead atoms. The molecule has 2 aliphatic rings. The van der Waals surface area contributed by atoms with Crippen LogP contribution in [0.5, 0.6) is 0 Å². The number of benzene rings is 1. The van der Waals surface area contributed by atoms with Crippen molar-refractivity contribution in [3.8, 4) is 0 Å². The Bertz CT molecular complexity index is 1130. The van der Waals surface area contributed by atoms with Crippen LogP contribution in [0.4, 0.5) is 18.9 Å². The third-order valence-corrected chi connectivity index (χ3v) is 9.08. The van der Waals surface area contributed by atoms with E-state index in [0.717, 1.165) is 30.8 Å². The maximum Gasteiger partial charge on any atom is 0.416 e. The van der Waals surface area contributed by atoms with Crippen molar-refractivity contribution in [2.75, 3.05) is 11.4 Å². The lowest BCUT2D eigenvalue weighted by Crippen LogP contribution is -2.48. The molecule has 10 heteroatoms. The summed E-state index contributed by atoms with van der Waals surface area (Å²) in [6.07, 6.45) is 1.08. The minimum absolute atomic E-state index is 0.0322. The summed E-state index contributed by atoms with van der Waals surface area (Å²) in [5.74, 6) is 0.366. The normalized spacial score (nSPS) is 20.5. The molecule has 1 aliphatic heterocycles. The van der Waals surface area contributed by atoms with Crippen molar-refractivity contribution >= 4 is 21.4 Å². The van der Waals surface area contributed by atoms with Crippen molar-refractivity contribution < 1.29 is 26.4 Å². The number of halogens is 3. The number of piperidine rings is 1. The number of alkyl halides is 3. The highest BCUT2D eigenvalue weighted by atomic mass is 32.2. The van der Waals surface area contributed by atoms with Gasteiger partial charge in [-0.05, 0) is 57.2 Å². The Hall–Kier alpha value is -2.49. The van der Waals surface area contributed by atoms with Gasteiger partial charge < -0.3 is 4.90 Å². The van der Waals surface area contributed by atoms with Crippen LogP contribution in [0.25, 0.3) is 0 Å². The lowest BCUT2D eigenvalue weighted by Gasteiger charge is -2.39. The molecule has 1 amide bonds. The number of hydrogen-bond donors (Lipinski definition) is 0. The van der Waals surface area contributed by atoms with E-state index in [1.165, 1.54) is 19.9 Å². The Morgan fingerprint density at radius 2 is 1.72 bits per heavy atom. The van der Waals surface area contributed by atoms with Gasteiger partial charge in [0, 0.05) is 18.9 Å². The van der Waals surface area contributed by atoms with E-state index in [9.17, 15) is 26.4 Å². The molecule has 1 saturated heterocycles. The number of hydrogen-bond acceptors (Lipinski definition) is 5. The highest BCUT2D eigenvalue weighted by Gasteiger charge is 2.46. The molecule has 4 rings (SSSR count). The highest BCUT2D eigenvalue weighted by molar-refractivity contribution is 7.92. The molecule has 0 unspecified atom stereocenters. The predicted octanol–water partition coefficient (Wildman–Crippen LogP) is 4.37. The molecule has 0 radical (unpaired) electrons. The molecule has 2 fully saturated rings. The highest BCUT2D eigenvalue weighted by Crippen LogP contribution is 2.41. The fraction of sp³-hybridized carbons (Fsp3) is 0.500. The minimum atomic E-state index is -4.64. The van der Waals surface area contributed by atoms with Crippen LogP contribution in [0, 0.1) is 5.92 Å². The van der Waals surface area contributed by atoms with Crippen LogP contribution in [-0.2, 0) is 20.8 Å². The standard InChI is InChI=1S/C22H24F3N3O3S/c1-21(2,32(30,31)18-5-3-4-16(10-18)22(23,24)25)15-8-9-28(19(29)11-15)17-12-26-20(27-13-17)14-6-7-14/h3-5,10,12-15H,6-9,11H2,1-2H3/t15-/m0/s1. The molecule has 32 heavy (non-hydrogen) atoms. The first-order valence-corrected chi connectivity index (χ1v) is 11.9. The smallest absolute Gasteiger partial charge is 0.310 e. The Morgan fingerprint density at radius 3 is 2.28 bits per heavy atom. The Labute approximate surface area is 184 Å². The summed E-state index contributed by atoms with van der Waals surface area (Å²) in [5.41, 5.74) is -0.452. The van der Waals surface area contributed by atoms with E-state index in [1.54, 1.807) is 17.3 Å². The van der Waals surface area contributed by atoms with Gasteiger partial charge in [-0.1, -0.05) is 6.07 Å². The van der Waals surface area contributed by atoms with E-state index in [4.69, 9.17) is 0 Å². The second-order valence-corrected chi connectivity index (χ2v) is 11.5.